The van der Waals surface area contributed by atoms with Crippen LogP contribution in [-0.2, 0) is 11.3 Å². The first-order chi connectivity index (χ1) is 13.3. The number of piperidine rings is 1. The van der Waals surface area contributed by atoms with Crippen LogP contribution in [0.5, 0.6) is 0 Å². The molecule has 0 aromatic heterocycles. The third-order valence-corrected chi connectivity index (χ3v) is 4.77. The van der Waals surface area contributed by atoms with E-state index >= 15 is 0 Å². The molecule has 1 aliphatic heterocycles. The molecule has 8 heteroatoms. The van der Waals surface area contributed by atoms with Crippen molar-refractivity contribution in [1.82, 2.24) is 4.90 Å². The molecule has 3 rings (SSSR count). The first kappa shape index (κ1) is 19.9. The van der Waals surface area contributed by atoms with Gasteiger partial charge in [0.1, 0.15) is 0 Å². The number of carbonyl (C=O) groups is 2. The zero-order valence-corrected chi connectivity index (χ0v) is 15.1. The Bertz CT molecular complexity index is 864. The number of likely N-dealkylation sites (tertiary alicyclic amines) is 1. The SMILES string of the molecule is NC(=O)C1CCCN(Cc2ccc(NC(=O)c3cc(F)c(F)c(F)c3)cc2)C1. The summed E-state index contributed by atoms with van der Waals surface area (Å²) in [5.41, 5.74) is 6.50. The van der Waals surface area contributed by atoms with Crippen LogP contribution in [0, 0.1) is 23.4 Å². The van der Waals surface area contributed by atoms with Gasteiger partial charge in [-0.2, -0.15) is 0 Å². The molecule has 0 saturated carbocycles. The van der Waals surface area contributed by atoms with Crippen LogP contribution in [0.4, 0.5) is 18.9 Å². The average molecular weight is 391 g/mol. The van der Waals surface area contributed by atoms with E-state index in [1.165, 1.54) is 0 Å². The highest BCUT2D eigenvalue weighted by Crippen LogP contribution is 2.20. The van der Waals surface area contributed by atoms with Crippen molar-refractivity contribution in [3.63, 3.8) is 0 Å². The minimum Gasteiger partial charge on any atom is -0.369 e. The van der Waals surface area contributed by atoms with E-state index in [9.17, 15) is 22.8 Å². The van der Waals surface area contributed by atoms with Crippen molar-refractivity contribution in [2.24, 2.45) is 11.7 Å². The molecule has 0 bridgehead atoms. The molecule has 2 amide bonds. The molecule has 1 aliphatic rings. The number of anilines is 1. The normalized spacial score (nSPS) is 17.3. The highest BCUT2D eigenvalue weighted by atomic mass is 19.2. The van der Waals surface area contributed by atoms with E-state index < -0.39 is 23.4 Å². The summed E-state index contributed by atoms with van der Waals surface area (Å²) in [6, 6.07) is 8.25. The molecule has 0 aliphatic carbocycles. The smallest absolute Gasteiger partial charge is 0.255 e. The van der Waals surface area contributed by atoms with E-state index in [-0.39, 0.29) is 17.4 Å². The number of carbonyl (C=O) groups excluding carboxylic acids is 2. The summed E-state index contributed by atoms with van der Waals surface area (Å²) >= 11 is 0. The number of hydrogen-bond donors (Lipinski definition) is 2. The predicted octanol–water partition coefficient (Wildman–Crippen LogP) is 3.05. The molecular formula is C20H20F3N3O2. The summed E-state index contributed by atoms with van der Waals surface area (Å²) in [4.78, 5) is 25.6. The molecule has 1 unspecified atom stereocenters. The van der Waals surface area contributed by atoms with Gasteiger partial charge in [0.2, 0.25) is 5.91 Å². The largest absolute Gasteiger partial charge is 0.369 e. The molecule has 1 heterocycles. The second kappa shape index (κ2) is 8.43. The number of rotatable bonds is 5. The second-order valence-electron chi connectivity index (χ2n) is 6.88. The quantitative estimate of drug-likeness (QED) is 0.770. The average Bonchev–Trinajstić information content (AvgIpc) is 2.67. The van der Waals surface area contributed by atoms with Gasteiger partial charge in [0, 0.05) is 24.3 Å². The zero-order valence-electron chi connectivity index (χ0n) is 15.1. The lowest BCUT2D eigenvalue weighted by Gasteiger charge is -2.31. The number of nitrogens with one attached hydrogen (secondary N) is 1. The summed E-state index contributed by atoms with van der Waals surface area (Å²) in [7, 11) is 0. The van der Waals surface area contributed by atoms with Crippen LogP contribution in [0.2, 0.25) is 0 Å². The molecule has 0 spiro atoms. The van der Waals surface area contributed by atoms with Gasteiger partial charge in [-0.3, -0.25) is 14.5 Å². The fraction of sp³-hybridized carbons (Fsp3) is 0.300. The van der Waals surface area contributed by atoms with Gasteiger partial charge in [0.25, 0.3) is 5.91 Å². The third-order valence-electron chi connectivity index (χ3n) is 4.77. The zero-order chi connectivity index (χ0) is 20.3. The van der Waals surface area contributed by atoms with E-state index in [0.29, 0.717) is 30.9 Å². The van der Waals surface area contributed by atoms with E-state index in [0.717, 1.165) is 24.9 Å². The Balaban J connectivity index is 1.61. The molecule has 2 aromatic carbocycles. The molecule has 0 radical (unpaired) electrons. The van der Waals surface area contributed by atoms with E-state index in [4.69, 9.17) is 5.73 Å². The maximum Gasteiger partial charge on any atom is 0.255 e. The maximum atomic E-state index is 13.3. The number of amides is 2. The van der Waals surface area contributed by atoms with Crippen molar-refractivity contribution in [3.8, 4) is 0 Å². The van der Waals surface area contributed by atoms with Crippen LogP contribution in [0.25, 0.3) is 0 Å². The van der Waals surface area contributed by atoms with Crippen molar-refractivity contribution in [2.75, 3.05) is 18.4 Å². The number of nitrogens with two attached hydrogens (primary N) is 1. The van der Waals surface area contributed by atoms with Crippen LogP contribution < -0.4 is 11.1 Å². The fourth-order valence-corrected chi connectivity index (χ4v) is 3.27. The molecule has 2 aromatic rings. The van der Waals surface area contributed by atoms with Crippen LogP contribution in [0.3, 0.4) is 0 Å². The maximum absolute atomic E-state index is 13.3. The van der Waals surface area contributed by atoms with Crippen LogP contribution in [0.15, 0.2) is 36.4 Å². The van der Waals surface area contributed by atoms with Crippen LogP contribution >= 0.6 is 0 Å². The Hall–Kier alpha value is -2.87. The third kappa shape index (κ3) is 4.69. The van der Waals surface area contributed by atoms with Gasteiger partial charge in [-0.15, -0.1) is 0 Å². The molecule has 1 fully saturated rings. The molecule has 1 atom stereocenters. The molecule has 5 nitrogen and oxygen atoms in total. The number of primary amides is 1. The summed E-state index contributed by atoms with van der Waals surface area (Å²) < 4.78 is 39.5. The lowest BCUT2D eigenvalue weighted by atomic mass is 9.97. The summed E-state index contributed by atoms with van der Waals surface area (Å²) in [6.07, 6.45) is 1.72. The monoisotopic (exact) mass is 391 g/mol. The van der Waals surface area contributed by atoms with Crippen molar-refractivity contribution >= 4 is 17.5 Å². The highest BCUT2D eigenvalue weighted by molar-refractivity contribution is 6.04. The van der Waals surface area contributed by atoms with Crippen LogP contribution in [-0.4, -0.2) is 29.8 Å². The summed E-state index contributed by atoms with van der Waals surface area (Å²) in [6.45, 7) is 2.14. The molecule has 3 N–H and O–H groups in total. The summed E-state index contributed by atoms with van der Waals surface area (Å²) in [5, 5.41) is 2.52. The Kier molecular flexibility index (Phi) is 5.99. The lowest BCUT2D eigenvalue weighted by molar-refractivity contribution is -0.123. The Morgan fingerprint density at radius 2 is 1.75 bits per heavy atom. The van der Waals surface area contributed by atoms with Crippen molar-refractivity contribution in [2.45, 2.75) is 19.4 Å². The predicted molar refractivity (Wildman–Crippen MR) is 97.9 cm³/mol. The summed E-state index contributed by atoms with van der Waals surface area (Å²) in [5.74, 6) is -5.61. The highest BCUT2D eigenvalue weighted by Gasteiger charge is 2.23. The van der Waals surface area contributed by atoms with Gasteiger partial charge in [-0.05, 0) is 49.2 Å². The van der Waals surface area contributed by atoms with Crippen molar-refractivity contribution in [3.05, 3.63) is 65.0 Å². The standard InChI is InChI=1S/C20H20F3N3O2/c21-16-8-14(9-17(22)18(16)23)20(28)25-15-5-3-12(4-6-15)10-26-7-1-2-13(11-26)19(24)27/h3-6,8-9,13H,1-2,7,10-11H2,(H2,24,27)(H,25,28). The van der Waals surface area contributed by atoms with Crippen molar-refractivity contribution < 1.29 is 22.8 Å². The minimum absolute atomic E-state index is 0.135. The van der Waals surface area contributed by atoms with Gasteiger partial charge in [-0.25, -0.2) is 13.2 Å². The number of halogens is 3. The van der Waals surface area contributed by atoms with Gasteiger partial charge < -0.3 is 11.1 Å². The fourth-order valence-electron chi connectivity index (χ4n) is 3.27. The van der Waals surface area contributed by atoms with E-state index in [1.807, 2.05) is 12.1 Å². The second-order valence-corrected chi connectivity index (χ2v) is 6.88. The van der Waals surface area contributed by atoms with Gasteiger partial charge in [0.05, 0.1) is 5.92 Å². The first-order valence-electron chi connectivity index (χ1n) is 8.90. The molecule has 148 valence electrons. The lowest BCUT2D eigenvalue weighted by Crippen LogP contribution is -2.40. The van der Waals surface area contributed by atoms with E-state index in [1.54, 1.807) is 12.1 Å². The van der Waals surface area contributed by atoms with Gasteiger partial charge in [0.15, 0.2) is 17.5 Å². The van der Waals surface area contributed by atoms with Crippen LogP contribution in [0.1, 0.15) is 28.8 Å². The molecular weight excluding hydrogens is 371 g/mol. The number of hydrogen-bond acceptors (Lipinski definition) is 3. The van der Waals surface area contributed by atoms with Gasteiger partial charge in [-0.1, -0.05) is 12.1 Å². The molecule has 1 saturated heterocycles. The van der Waals surface area contributed by atoms with E-state index in [2.05, 4.69) is 10.2 Å². The molecule has 28 heavy (non-hydrogen) atoms. The first-order valence-corrected chi connectivity index (χ1v) is 8.90. The van der Waals surface area contributed by atoms with Gasteiger partial charge >= 0.3 is 0 Å². The Morgan fingerprint density at radius 3 is 2.36 bits per heavy atom. The minimum atomic E-state index is -1.61. The number of benzene rings is 2. The topological polar surface area (TPSA) is 75.4 Å². The van der Waals surface area contributed by atoms with Crippen molar-refractivity contribution in [1.29, 1.82) is 0 Å². The Labute approximate surface area is 160 Å². The Morgan fingerprint density at radius 1 is 1.11 bits per heavy atom. The number of nitrogens with zero attached hydrogens (tertiary/aromatic N) is 1.